The van der Waals surface area contributed by atoms with E-state index in [1.165, 1.54) is 16.7 Å². The molecular formula is C21H30IN3O2. The summed E-state index contributed by atoms with van der Waals surface area (Å²) in [6.45, 7) is 3.66. The van der Waals surface area contributed by atoms with Gasteiger partial charge in [0, 0.05) is 27.2 Å². The Morgan fingerprint density at radius 2 is 1.78 bits per heavy atom. The molecule has 5 nitrogen and oxygen atoms in total. The van der Waals surface area contributed by atoms with Crippen LogP contribution >= 0.6 is 24.0 Å². The van der Waals surface area contributed by atoms with E-state index in [-0.39, 0.29) is 24.0 Å². The number of hydrogen-bond donors (Lipinski definition) is 1. The van der Waals surface area contributed by atoms with Crippen molar-refractivity contribution < 1.29 is 9.47 Å². The molecule has 1 N–H and O–H groups in total. The van der Waals surface area contributed by atoms with Gasteiger partial charge < -0.3 is 19.7 Å². The Bertz CT molecular complexity index is 733. The lowest BCUT2D eigenvalue weighted by atomic mass is 10.1. The molecule has 6 heteroatoms. The smallest absolute Gasteiger partial charge is 0.193 e. The normalized spacial score (nSPS) is 10.8. The second-order valence-corrected chi connectivity index (χ2v) is 6.24. The van der Waals surface area contributed by atoms with Gasteiger partial charge in [0.1, 0.15) is 11.5 Å². The number of nitrogens with zero attached hydrogens (tertiary/aromatic N) is 2. The summed E-state index contributed by atoms with van der Waals surface area (Å²) in [5.74, 6) is 2.66. The molecule has 0 unspecified atom stereocenters. The summed E-state index contributed by atoms with van der Waals surface area (Å²) < 4.78 is 10.7. The fourth-order valence-corrected chi connectivity index (χ4v) is 2.88. The maximum atomic E-state index is 5.45. The summed E-state index contributed by atoms with van der Waals surface area (Å²) >= 11 is 0. The van der Waals surface area contributed by atoms with Gasteiger partial charge >= 0.3 is 0 Å². The van der Waals surface area contributed by atoms with E-state index in [1.54, 1.807) is 21.3 Å². The molecule has 0 aliphatic heterocycles. The van der Waals surface area contributed by atoms with E-state index in [2.05, 4.69) is 46.4 Å². The van der Waals surface area contributed by atoms with Crippen LogP contribution in [0.1, 0.15) is 16.7 Å². The number of aryl methyl sites for hydroxylation is 1. The summed E-state index contributed by atoms with van der Waals surface area (Å²) in [5.41, 5.74) is 3.65. The van der Waals surface area contributed by atoms with Crippen molar-refractivity contribution in [1.82, 2.24) is 10.2 Å². The van der Waals surface area contributed by atoms with Gasteiger partial charge in [0.15, 0.2) is 5.96 Å². The van der Waals surface area contributed by atoms with Gasteiger partial charge in [-0.1, -0.05) is 29.8 Å². The summed E-state index contributed by atoms with van der Waals surface area (Å²) in [4.78, 5) is 6.49. The lowest BCUT2D eigenvalue weighted by Crippen LogP contribution is -2.39. The number of benzene rings is 2. The minimum atomic E-state index is 0. The first kappa shape index (κ1) is 23.1. The maximum Gasteiger partial charge on any atom is 0.193 e. The fourth-order valence-electron chi connectivity index (χ4n) is 2.88. The molecule has 0 heterocycles. The van der Waals surface area contributed by atoms with Gasteiger partial charge in [-0.05, 0) is 42.7 Å². The average molecular weight is 483 g/mol. The van der Waals surface area contributed by atoms with Crippen molar-refractivity contribution in [2.24, 2.45) is 4.99 Å². The Morgan fingerprint density at radius 1 is 1.07 bits per heavy atom. The molecule has 148 valence electrons. The Labute approximate surface area is 179 Å². The Hall–Kier alpha value is -1.96. The van der Waals surface area contributed by atoms with Crippen LogP contribution in [0.5, 0.6) is 11.5 Å². The number of halogens is 1. The zero-order chi connectivity index (χ0) is 18.9. The van der Waals surface area contributed by atoms with Gasteiger partial charge in [-0.2, -0.15) is 0 Å². The lowest BCUT2D eigenvalue weighted by molar-refractivity contribution is 0.409. The molecule has 0 atom stereocenters. The summed E-state index contributed by atoms with van der Waals surface area (Å²) in [6, 6.07) is 14.4. The van der Waals surface area contributed by atoms with Crippen LogP contribution in [-0.4, -0.2) is 45.7 Å². The van der Waals surface area contributed by atoms with E-state index in [0.29, 0.717) is 0 Å². The molecule has 0 saturated heterocycles. The molecular weight excluding hydrogens is 453 g/mol. The van der Waals surface area contributed by atoms with Gasteiger partial charge in [-0.3, -0.25) is 4.99 Å². The van der Waals surface area contributed by atoms with E-state index in [9.17, 15) is 0 Å². The van der Waals surface area contributed by atoms with Gasteiger partial charge in [0.05, 0.1) is 14.2 Å². The number of guanidine groups is 1. The third kappa shape index (κ3) is 6.93. The SMILES string of the molecule is CN=C(NCCc1cc(C)ccc1OC)N(C)Cc1ccc(OC)cc1.I. The second-order valence-electron chi connectivity index (χ2n) is 6.24. The molecule has 0 fully saturated rings. The molecule has 2 rings (SSSR count). The Kier molecular flexibility index (Phi) is 9.99. The zero-order valence-electron chi connectivity index (χ0n) is 16.8. The number of aliphatic imine (C=N–C) groups is 1. The number of rotatable bonds is 7. The van der Waals surface area contributed by atoms with Crippen LogP contribution in [0, 0.1) is 6.92 Å². The maximum absolute atomic E-state index is 5.45. The van der Waals surface area contributed by atoms with Gasteiger partial charge in [0.25, 0.3) is 0 Å². The molecule has 0 aliphatic carbocycles. The predicted molar refractivity (Wildman–Crippen MR) is 123 cm³/mol. The largest absolute Gasteiger partial charge is 0.497 e. The topological polar surface area (TPSA) is 46.1 Å². The molecule has 0 radical (unpaired) electrons. The molecule has 0 bridgehead atoms. The van der Waals surface area contributed by atoms with Crippen molar-refractivity contribution in [1.29, 1.82) is 0 Å². The minimum absolute atomic E-state index is 0. The quantitative estimate of drug-likeness (QED) is 0.369. The number of methoxy groups -OCH3 is 2. The first-order valence-corrected chi connectivity index (χ1v) is 8.75. The van der Waals surface area contributed by atoms with Gasteiger partial charge in [-0.15, -0.1) is 24.0 Å². The number of ether oxygens (including phenoxy) is 2. The van der Waals surface area contributed by atoms with E-state index in [0.717, 1.165) is 37.0 Å². The highest BCUT2D eigenvalue weighted by atomic mass is 127. The third-order valence-electron chi connectivity index (χ3n) is 4.27. The van der Waals surface area contributed by atoms with Crippen LogP contribution in [-0.2, 0) is 13.0 Å². The fraction of sp³-hybridized carbons (Fsp3) is 0.381. The molecule has 2 aromatic carbocycles. The van der Waals surface area contributed by atoms with Crippen molar-refractivity contribution in [3.8, 4) is 11.5 Å². The third-order valence-corrected chi connectivity index (χ3v) is 4.27. The molecule has 2 aromatic rings. The van der Waals surface area contributed by atoms with Crippen LogP contribution in [0.2, 0.25) is 0 Å². The van der Waals surface area contributed by atoms with E-state index in [4.69, 9.17) is 9.47 Å². The van der Waals surface area contributed by atoms with Crippen molar-refractivity contribution in [3.63, 3.8) is 0 Å². The first-order chi connectivity index (χ1) is 12.6. The molecule has 0 aliphatic rings. The molecule has 27 heavy (non-hydrogen) atoms. The average Bonchev–Trinajstić information content (AvgIpc) is 2.66. The van der Waals surface area contributed by atoms with Gasteiger partial charge in [0.2, 0.25) is 0 Å². The van der Waals surface area contributed by atoms with Crippen LogP contribution in [0.15, 0.2) is 47.5 Å². The Balaban J connectivity index is 0.00000364. The summed E-state index contributed by atoms with van der Waals surface area (Å²) in [6.07, 6.45) is 0.875. The molecule has 0 amide bonds. The van der Waals surface area contributed by atoms with Crippen LogP contribution in [0.4, 0.5) is 0 Å². The zero-order valence-corrected chi connectivity index (χ0v) is 19.1. The van der Waals surface area contributed by atoms with Crippen LogP contribution in [0.25, 0.3) is 0 Å². The summed E-state index contributed by atoms with van der Waals surface area (Å²) in [5, 5.41) is 3.43. The number of hydrogen-bond acceptors (Lipinski definition) is 3. The first-order valence-electron chi connectivity index (χ1n) is 8.75. The van der Waals surface area contributed by atoms with E-state index < -0.39 is 0 Å². The minimum Gasteiger partial charge on any atom is -0.497 e. The van der Waals surface area contributed by atoms with Crippen molar-refractivity contribution in [2.45, 2.75) is 19.9 Å². The van der Waals surface area contributed by atoms with Gasteiger partial charge in [-0.25, -0.2) is 0 Å². The molecule has 0 aromatic heterocycles. The number of nitrogens with one attached hydrogen (secondary N) is 1. The van der Waals surface area contributed by atoms with Crippen LogP contribution in [0.3, 0.4) is 0 Å². The summed E-state index contributed by atoms with van der Waals surface area (Å²) in [7, 11) is 7.23. The monoisotopic (exact) mass is 483 g/mol. The van der Waals surface area contributed by atoms with E-state index >= 15 is 0 Å². The van der Waals surface area contributed by atoms with Crippen molar-refractivity contribution in [2.75, 3.05) is 34.9 Å². The van der Waals surface area contributed by atoms with Crippen LogP contribution < -0.4 is 14.8 Å². The van der Waals surface area contributed by atoms with Crippen molar-refractivity contribution in [3.05, 3.63) is 59.2 Å². The standard InChI is InChI=1S/C21H29N3O2.HI/c1-16-6-11-20(26-5)18(14-16)12-13-23-21(22-2)24(3)15-17-7-9-19(25-4)10-8-17;/h6-11,14H,12-13,15H2,1-5H3,(H,22,23);1H. The Morgan fingerprint density at radius 3 is 2.37 bits per heavy atom. The van der Waals surface area contributed by atoms with E-state index in [1.807, 2.05) is 25.2 Å². The molecule has 0 saturated carbocycles. The lowest BCUT2D eigenvalue weighted by Gasteiger charge is -2.22. The highest BCUT2D eigenvalue weighted by molar-refractivity contribution is 14.0. The highest BCUT2D eigenvalue weighted by Gasteiger charge is 2.08. The molecule has 0 spiro atoms. The highest BCUT2D eigenvalue weighted by Crippen LogP contribution is 2.19. The van der Waals surface area contributed by atoms with Crippen molar-refractivity contribution >= 4 is 29.9 Å². The second kappa shape index (κ2) is 11.7. The predicted octanol–water partition coefficient (Wildman–Crippen LogP) is 3.88.